The monoisotopic (exact) mass is 472 g/mol. The van der Waals surface area contributed by atoms with Crippen LogP contribution in [0.5, 0.6) is 0 Å². The molecule has 7 rings (SSSR count). The fourth-order valence-corrected chi connectivity index (χ4v) is 5.36. The topological polar surface area (TPSA) is 92.0 Å². The maximum atomic E-state index is 13.2. The molecule has 0 spiro atoms. The molecule has 174 valence electrons. The highest BCUT2D eigenvalue weighted by Gasteiger charge is 2.40. The Morgan fingerprint density at radius 1 is 0.972 bits per heavy atom. The number of aryl methyl sites for hydroxylation is 1. The zero-order chi connectivity index (χ0) is 24.4. The van der Waals surface area contributed by atoms with Gasteiger partial charge in [-0.3, -0.25) is 29.3 Å². The number of carbonyl (C=O) groups is 2. The minimum Gasteiger partial charge on any atom is -0.336 e. The van der Waals surface area contributed by atoms with Crippen molar-refractivity contribution in [3.63, 3.8) is 0 Å². The highest BCUT2D eigenvalue weighted by Crippen LogP contribution is 2.44. The first-order valence-electron chi connectivity index (χ1n) is 11.7. The summed E-state index contributed by atoms with van der Waals surface area (Å²) in [6.45, 7) is 1.97. The molecule has 36 heavy (non-hydrogen) atoms. The van der Waals surface area contributed by atoms with Crippen LogP contribution < -0.4 is 10.2 Å². The van der Waals surface area contributed by atoms with Gasteiger partial charge in [0, 0.05) is 36.8 Å². The summed E-state index contributed by atoms with van der Waals surface area (Å²) in [5.41, 5.74) is 7.14. The molecule has 8 nitrogen and oxygen atoms in total. The van der Waals surface area contributed by atoms with Gasteiger partial charge in [-0.2, -0.15) is 0 Å². The minimum absolute atomic E-state index is 0.0161. The smallest absolute Gasteiger partial charge is 0.261 e. The van der Waals surface area contributed by atoms with Crippen molar-refractivity contribution in [1.29, 1.82) is 0 Å². The number of para-hydroxylation sites is 1. The van der Waals surface area contributed by atoms with Gasteiger partial charge in [0.1, 0.15) is 5.65 Å². The summed E-state index contributed by atoms with van der Waals surface area (Å²) in [4.78, 5) is 42.3. The number of fused-ring (bicyclic) bond motifs is 1. The van der Waals surface area contributed by atoms with Crippen molar-refractivity contribution in [3.05, 3.63) is 113 Å². The van der Waals surface area contributed by atoms with E-state index in [1.807, 2.05) is 66.2 Å². The number of anilines is 1. The predicted octanol–water partition coefficient (Wildman–Crippen LogP) is 3.53. The Morgan fingerprint density at radius 3 is 2.72 bits per heavy atom. The van der Waals surface area contributed by atoms with Gasteiger partial charge in [0.05, 0.1) is 46.2 Å². The third-order valence-electron chi connectivity index (χ3n) is 6.92. The predicted molar refractivity (Wildman–Crippen MR) is 135 cm³/mol. The molecule has 1 aromatic carbocycles. The van der Waals surface area contributed by atoms with Crippen LogP contribution in [0.25, 0.3) is 11.2 Å². The van der Waals surface area contributed by atoms with Crippen LogP contribution in [-0.4, -0.2) is 31.9 Å². The first-order valence-corrected chi connectivity index (χ1v) is 11.7. The van der Waals surface area contributed by atoms with Crippen molar-refractivity contribution < 1.29 is 9.59 Å². The standard InChI is InChI=1S/C28H20N6O2/c1-16-8-9-22-31-14-21(34(22)15-16)23-24(28(36)32-27(23)35)25-18-6-4-5-17-13-20(19-7-2-3-10-29-19)33(26(17)18)12-11-30-25/h2-12,14-15,20H,13H2,1H3,(H,32,35,36). The van der Waals surface area contributed by atoms with E-state index >= 15 is 0 Å². The van der Waals surface area contributed by atoms with E-state index < -0.39 is 11.8 Å². The number of imidazole rings is 1. The average molecular weight is 473 g/mol. The molecule has 6 heterocycles. The molecular weight excluding hydrogens is 452 g/mol. The highest BCUT2D eigenvalue weighted by atomic mass is 16.2. The van der Waals surface area contributed by atoms with Crippen molar-refractivity contribution in [2.75, 3.05) is 4.90 Å². The van der Waals surface area contributed by atoms with Gasteiger partial charge in [-0.1, -0.05) is 30.3 Å². The molecule has 1 N–H and O–H groups in total. The summed E-state index contributed by atoms with van der Waals surface area (Å²) in [6.07, 6.45) is 9.74. The highest BCUT2D eigenvalue weighted by molar-refractivity contribution is 6.47. The van der Waals surface area contributed by atoms with Crippen molar-refractivity contribution in [3.8, 4) is 0 Å². The Bertz CT molecular complexity index is 1700. The molecule has 0 fully saturated rings. The third-order valence-corrected chi connectivity index (χ3v) is 6.92. The molecule has 0 radical (unpaired) electrons. The van der Waals surface area contributed by atoms with Gasteiger partial charge < -0.3 is 4.90 Å². The van der Waals surface area contributed by atoms with E-state index in [4.69, 9.17) is 4.99 Å². The number of amides is 2. The van der Waals surface area contributed by atoms with E-state index in [0.717, 1.165) is 34.5 Å². The maximum Gasteiger partial charge on any atom is 0.261 e. The molecule has 0 bridgehead atoms. The molecular formula is C28H20N6O2. The number of hydrogen-bond acceptors (Lipinski definition) is 6. The number of carbonyl (C=O) groups excluding carboxylic acids is 2. The van der Waals surface area contributed by atoms with Crippen molar-refractivity contribution in [2.45, 2.75) is 19.4 Å². The van der Waals surface area contributed by atoms with Gasteiger partial charge in [-0.05, 0) is 36.2 Å². The Kier molecular flexibility index (Phi) is 4.32. The zero-order valence-corrected chi connectivity index (χ0v) is 19.3. The van der Waals surface area contributed by atoms with Gasteiger partial charge in [-0.15, -0.1) is 0 Å². The molecule has 3 aromatic heterocycles. The molecule has 3 aliphatic rings. The Labute approximate surface area is 206 Å². The van der Waals surface area contributed by atoms with Gasteiger partial charge in [0.2, 0.25) is 0 Å². The van der Waals surface area contributed by atoms with Crippen LogP contribution in [0.4, 0.5) is 5.69 Å². The largest absolute Gasteiger partial charge is 0.336 e. The van der Waals surface area contributed by atoms with E-state index in [1.165, 1.54) is 0 Å². The normalized spacial score (nSPS) is 18.5. The van der Waals surface area contributed by atoms with Crippen LogP contribution >= 0.6 is 0 Å². The number of imide groups is 1. The zero-order valence-electron chi connectivity index (χ0n) is 19.3. The van der Waals surface area contributed by atoms with Crippen LogP contribution in [-0.2, 0) is 16.0 Å². The molecule has 0 saturated heterocycles. The number of aromatic nitrogens is 3. The van der Waals surface area contributed by atoms with Crippen molar-refractivity contribution in [2.24, 2.45) is 4.99 Å². The minimum atomic E-state index is -0.463. The molecule has 0 aliphatic carbocycles. The summed E-state index contributed by atoms with van der Waals surface area (Å²) < 4.78 is 1.84. The summed E-state index contributed by atoms with van der Waals surface area (Å²) in [7, 11) is 0. The molecule has 2 amide bonds. The third kappa shape index (κ3) is 2.91. The molecule has 8 heteroatoms. The van der Waals surface area contributed by atoms with Crippen molar-refractivity contribution >= 4 is 34.4 Å². The van der Waals surface area contributed by atoms with E-state index in [2.05, 4.69) is 26.3 Å². The first kappa shape index (κ1) is 20.5. The Balaban J connectivity index is 1.43. The lowest BCUT2D eigenvalue weighted by Crippen LogP contribution is -2.25. The number of aliphatic imine (C=N–C) groups is 1. The van der Waals surface area contributed by atoms with Gasteiger partial charge in [-0.25, -0.2) is 4.98 Å². The number of nitrogens with one attached hydrogen (secondary N) is 1. The van der Waals surface area contributed by atoms with E-state index in [0.29, 0.717) is 17.1 Å². The first-order chi connectivity index (χ1) is 17.6. The van der Waals surface area contributed by atoms with Crippen LogP contribution in [0.1, 0.15) is 34.1 Å². The number of rotatable bonds is 3. The SMILES string of the molecule is Cc1ccc2ncc(C3=C(C4=NC=CN5c6c(cccc64)CC5c4ccccn4)C(=O)NC3=O)n2c1. The average Bonchev–Trinajstić information content (AvgIpc) is 3.50. The van der Waals surface area contributed by atoms with E-state index in [-0.39, 0.29) is 17.2 Å². The van der Waals surface area contributed by atoms with E-state index in [9.17, 15) is 9.59 Å². The Morgan fingerprint density at radius 2 is 1.86 bits per heavy atom. The van der Waals surface area contributed by atoms with Crippen LogP contribution in [0.15, 0.2) is 90.1 Å². The molecule has 3 aliphatic heterocycles. The quantitative estimate of drug-likeness (QED) is 0.461. The Hall–Kier alpha value is -4.85. The van der Waals surface area contributed by atoms with Gasteiger partial charge in [0.25, 0.3) is 11.8 Å². The lowest BCUT2D eigenvalue weighted by atomic mass is 9.94. The fourth-order valence-electron chi connectivity index (χ4n) is 5.36. The van der Waals surface area contributed by atoms with Crippen LogP contribution in [0.2, 0.25) is 0 Å². The molecule has 1 atom stereocenters. The fraction of sp³-hybridized carbons (Fsp3) is 0.107. The lowest BCUT2D eigenvalue weighted by Gasteiger charge is -2.24. The lowest BCUT2D eigenvalue weighted by molar-refractivity contribution is -0.123. The number of pyridine rings is 2. The van der Waals surface area contributed by atoms with E-state index in [1.54, 1.807) is 18.6 Å². The maximum absolute atomic E-state index is 13.2. The van der Waals surface area contributed by atoms with Gasteiger partial charge >= 0.3 is 0 Å². The van der Waals surface area contributed by atoms with Crippen molar-refractivity contribution in [1.82, 2.24) is 19.7 Å². The molecule has 4 aromatic rings. The van der Waals surface area contributed by atoms with Gasteiger partial charge in [0.15, 0.2) is 0 Å². The summed E-state index contributed by atoms with van der Waals surface area (Å²) in [5.74, 6) is -0.917. The second kappa shape index (κ2) is 7.58. The van der Waals surface area contributed by atoms with Crippen LogP contribution in [0, 0.1) is 6.92 Å². The number of nitrogens with zero attached hydrogens (tertiary/aromatic N) is 5. The molecule has 1 unspecified atom stereocenters. The second-order valence-corrected chi connectivity index (χ2v) is 9.08. The summed E-state index contributed by atoms with van der Waals surface area (Å²) in [5, 5.41) is 2.49. The summed E-state index contributed by atoms with van der Waals surface area (Å²) in [6, 6.07) is 15.8. The summed E-state index contributed by atoms with van der Waals surface area (Å²) >= 11 is 0. The molecule has 0 saturated carbocycles. The number of benzene rings is 1. The second-order valence-electron chi connectivity index (χ2n) is 9.08. The number of hydrogen-bond donors (Lipinski definition) is 1. The van der Waals surface area contributed by atoms with Crippen LogP contribution in [0.3, 0.4) is 0 Å².